The molecule has 1 atom stereocenters. The fourth-order valence-corrected chi connectivity index (χ4v) is 3.87. The molecule has 1 fully saturated rings. The largest absolute Gasteiger partial charge is 0.459 e. The van der Waals surface area contributed by atoms with Gasteiger partial charge in [-0.15, -0.1) is 11.3 Å². The Morgan fingerprint density at radius 3 is 3.13 bits per heavy atom. The highest BCUT2D eigenvalue weighted by Crippen LogP contribution is 2.27. The van der Waals surface area contributed by atoms with Gasteiger partial charge in [0.15, 0.2) is 10.8 Å². The van der Waals surface area contributed by atoms with Crippen molar-refractivity contribution in [3.05, 3.63) is 41.6 Å². The minimum Gasteiger partial charge on any atom is -0.459 e. The van der Waals surface area contributed by atoms with Gasteiger partial charge in [-0.1, -0.05) is 0 Å². The van der Waals surface area contributed by atoms with Crippen LogP contribution in [0.2, 0.25) is 0 Å². The van der Waals surface area contributed by atoms with E-state index in [4.69, 9.17) is 9.40 Å². The molecule has 7 heteroatoms. The summed E-state index contributed by atoms with van der Waals surface area (Å²) < 4.78 is 7.58. The Labute approximate surface area is 138 Å². The van der Waals surface area contributed by atoms with E-state index in [-0.39, 0.29) is 0 Å². The van der Waals surface area contributed by atoms with Crippen LogP contribution >= 0.6 is 11.3 Å². The van der Waals surface area contributed by atoms with Crippen LogP contribution in [0.25, 0.3) is 10.8 Å². The third-order valence-corrected chi connectivity index (χ3v) is 5.14. The SMILES string of the molecule is Cc1ccc(-c2nc(CN3CCC[C@@H]3Cn3cncn3)cs2)o1. The van der Waals surface area contributed by atoms with Crippen molar-refractivity contribution in [1.29, 1.82) is 0 Å². The molecular weight excluding hydrogens is 310 g/mol. The van der Waals surface area contributed by atoms with Gasteiger partial charge < -0.3 is 4.42 Å². The van der Waals surface area contributed by atoms with Crippen LogP contribution in [0.4, 0.5) is 0 Å². The van der Waals surface area contributed by atoms with Gasteiger partial charge in [-0.25, -0.2) is 9.97 Å². The van der Waals surface area contributed by atoms with E-state index in [2.05, 4.69) is 20.4 Å². The fourth-order valence-electron chi connectivity index (χ4n) is 3.10. The zero-order valence-corrected chi connectivity index (χ0v) is 13.9. The molecule has 0 spiro atoms. The van der Waals surface area contributed by atoms with Crippen LogP contribution in [0.1, 0.15) is 24.3 Å². The third kappa shape index (κ3) is 3.20. The van der Waals surface area contributed by atoms with Crippen molar-refractivity contribution in [3.63, 3.8) is 0 Å². The molecule has 0 unspecified atom stereocenters. The maximum atomic E-state index is 5.66. The zero-order valence-electron chi connectivity index (χ0n) is 13.1. The van der Waals surface area contributed by atoms with Crippen molar-refractivity contribution in [3.8, 4) is 10.8 Å². The monoisotopic (exact) mass is 329 g/mol. The molecule has 0 bridgehead atoms. The lowest BCUT2D eigenvalue weighted by Gasteiger charge is -2.23. The van der Waals surface area contributed by atoms with Crippen molar-refractivity contribution in [1.82, 2.24) is 24.6 Å². The van der Waals surface area contributed by atoms with Crippen molar-refractivity contribution >= 4 is 11.3 Å². The Hall–Kier alpha value is -1.99. The summed E-state index contributed by atoms with van der Waals surface area (Å²) in [6, 6.07) is 4.47. The molecule has 0 aromatic carbocycles. The molecule has 1 aliphatic heterocycles. The average Bonchev–Trinajstić information content (AvgIpc) is 3.29. The topological polar surface area (TPSA) is 60.0 Å². The lowest BCUT2D eigenvalue weighted by molar-refractivity contribution is 0.217. The van der Waals surface area contributed by atoms with E-state index in [9.17, 15) is 0 Å². The highest BCUT2D eigenvalue weighted by Gasteiger charge is 2.25. The Kier molecular flexibility index (Phi) is 3.97. The van der Waals surface area contributed by atoms with E-state index < -0.39 is 0 Å². The Morgan fingerprint density at radius 1 is 1.39 bits per heavy atom. The van der Waals surface area contributed by atoms with Crippen molar-refractivity contribution in [2.45, 2.75) is 38.9 Å². The summed E-state index contributed by atoms with van der Waals surface area (Å²) in [5, 5.41) is 7.32. The average molecular weight is 329 g/mol. The molecule has 6 nitrogen and oxygen atoms in total. The minimum atomic E-state index is 0.507. The Morgan fingerprint density at radius 2 is 2.35 bits per heavy atom. The number of aromatic nitrogens is 4. The quantitative estimate of drug-likeness (QED) is 0.720. The molecule has 0 saturated carbocycles. The van der Waals surface area contributed by atoms with Crippen molar-refractivity contribution < 1.29 is 4.42 Å². The predicted octanol–water partition coefficient (Wildman–Crippen LogP) is 2.97. The normalized spacial score (nSPS) is 18.7. The van der Waals surface area contributed by atoms with Gasteiger partial charge in [-0.3, -0.25) is 9.58 Å². The number of thiazole rings is 1. The van der Waals surface area contributed by atoms with E-state index in [1.807, 2.05) is 23.7 Å². The smallest absolute Gasteiger partial charge is 0.162 e. The first-order valence-corrected chi connectivity index (χ1v) is 8.73. The van der Waals surface area contributed by atoms with Crippen LogP contribution in [0, 0.1) is 6.92 Å². The molecule has 120 valence electrons. The lowest BCUT2D eigenvalue weighted by atomic mass is 10.2. The minimum absolute atomic E-state index is 0.507. The third-order valence-electron chi connectivity index (χ3n) is 4.23. The first kappa shape index (κ1) is 14.6. The second-order valence-electron chi connectivity index (χ2n) is 5.94. The highest BCUT2D eigenvalue weighted by atomic mass is 32.1. The summed E-state index contributed by atoms with van der Waals surface area (Å²) in [5.74, 6) is 1.78. The maximum Gasteiger partial charge on any atom is 0.162 e. The van der Waals surface area contributed by atoms with Crippen LogP contribution in [-0.4, -0.2) is 37.2 Å². The number of hydrogen-bond acceptors (Lipinski definition) is 6. The first-order valence-electron chi connectivity index (χ1n) is 7.85. The number of hydrogen-bond donors (Lipinski definition) is 0. The van der Waals surface area contributed by atoms with Crippen LogP contribution in [-0.2, 0) is 13.1 Å². The maximum absolute atomic E-state index is 5.66. The lowest BCUT2D eigenvalue weighted by Crippen LogP contribution is -2.32. The molecule has 0 N–H and O–H groups in total. The molecule has 0 amide bonds. The fraction of sp³-hybridized carbons (Fsp3) is 0.438. The van der Waals surface area contributed by atoms with Gasteiger partial charge in [-0.05, 0) is 38.4 Å². The van der Waals surface area contributed by atoms with E-state index in [1.165, 1.54) is 12.8 Å². The number of nitrogens with zero attached hydrogens (tertiary/aromatic N) is 5. The molecule has 1 saturated heterocycles. The molecule has 4 rings (SSSR count). The van der Waals surface area contributed by atoms with E-state index >= 15 is 0 Å². The Balaban J connectivity index is 1.44. The summed E-state index contributed by atoms with van der Waals surface area (Å²) in [4.78, 5) is 11.3. The molecule has 0 radical (unpaired) electrons. The van der Waals surface area contributed by atoms with Crippen LogP contribution in [0.3, 0.4) is 0 Å². The molecule has 0 aliphatic carbocycles. The van der Waals surface area contributed by atoms with Crippen LogP contribution in [0.5, 0.6) is 0 Å². The zero-order chi connectivity index (χ0) is 15.6. The predicted molar refractivity (Wildman–Crippen MR) is 88.0 cm³/mol. The number of likely N-dealkylation sites (tertiary alicyclic amines) is 1. The molecule has 3 aromatic rings. The van der Waals surface area contributed by atoms with Crippen LogP contribution < -0.4 is 0 Å². The van der Waals surface area contributed by atoms with Gasteiger partial charge >= 0.3 is 0 Å². The highest BCUT2D eigenvalue weighted by molar-refractivity contribution is 7.13. The molecule has 1 aliphatic rings. The Bertz CT molecular complexity index is 763. The second kappa shape index (κ2) is 6.25. The molecule has 3 aromatic heterocycles. The summed E-state index contributed by atoms with van der Waals surface area (Å²) in [5.41, 5.74) is 1.12. The molecule has 23 heavy (non-hydrogen) atoms. The summed E-state index contributed by atoms with van der Waals surface area (Å²) in [6.45, 7) is 4.85. The summed E-state index contributed by atoms with van der Waals surface area (Å²) in [7, 11) is 0. The molecule has 4 heterocycles. The van der Waals surface area contributed by atoms with Crippen LogP contribution in [0.15, 0.2) is 34.6 Å². The van der Waals surface area contributed by atoms with E-state index in [1.54, 1.807) is 24.0 Å². The number of rotatable bonds is 5. The van der Waals surface area contributed by atoms with E-state index in [0.717, 1.165) is 41.9 Å². The van der Waals surface area contributed by atoms with Gasteiger partial charge in [0, 0.05) is 18.0 Å². The number of furan rings is 1. The van der Waals surface area contributed by atoms with Crippen molar-refractivity contribution in [2.24, 2.45) is 0 Å². The standard InChI is InChI=1S/C16H19N5OS/c1-12-4-5-15(22-12)16-19-13(9-23-16)7-20-6-2-3-14(20)8-21-11-17-10-18-21/h4-5,9-11,14H,2-3,6-8H2,1H3/t14-/m1/s1. The number of aryl methyl sites for hydroxylation is 1. The van der Waals surface area contributed by atoms with Gasteiger partial charge in [0.2, 0.25) is 0 Å². The van der Waals surface area contributed by atoms with E-state index in [0.29, 0.717) is 6.04 Å². The molecular formula is C16H19N5OS. The summed E-state index contributed by atoms with van der Waals surface area (Å²) in [6.07, 6.45) is 5.82. The van der Waals surface area contributed by atoms with Gasteiger partial charge in [-0.2, -0.15) is 5.10 Å². The van der Waals surface area contributed by atoms with Gasteiger partial charge in [0.25, 0.3) is 0 Å². The van der Waals surface area contributed by atoms with Crippen molar-refractivity contribution in [2.75, 3.05) is 6.54 Å². The second-order valence-corrected chi connectivity index (χ2v) is 6.80. The first-order chi connectivity index (χ1) is 11.3. The van der Waals surface area contributed by atoms with Gasteiger partial charge in [0.05, 0.1) is 12.2 Å². The van der Waals surface area contributed by atoms with Gasteiger partial charge in [0.1, 0.15) is 18.4 Å². The summed E-state index contributed by atoms with van der Waals surface area (Å²) >= 11 is 1.65.